The normalized spacial score (nSPS) is 12.0. The van der Waals surface area contributed by atoms with Gasteiger partial charge < -0.3 is 4.90 Å². The van der Waals surface area contributed by atoms with E-state index in [2.05, 4.69) is 4.98 Å². The Labute approximate surface area is 128 Å². The molecule has 0 aliphatic rings. The monoisotopic (exact) mass is 306 g/mol. The molecule has 2 rings (SSSR count). The number of nitrogens with zero attached hydrogens (tertiary/aromatic N) is 2. The molecule has 1 aromatic heterocycles. The summed E-state index contributed by atoms with van der Waals surface area (Å²) in [6, 6.07) is 9.19. The maximum absolute atomic E-state index is 13.0. The summed E-state index contributed by atoms with van der Waals surface area (Å²) in [7, 11) is 0. The second-order valence-corrected chi connectivity index (χ2v) is 5.07. The van der Waals surface area contributed by atoms with Crippen LogP contribution in [0.2, 0.25) is 5.15 Å². The Morgan fingerprint density at radius 1 is 1.33 bits per heavy atom. The average Bonchev–Trinajstić information content (AvgIpc) is 2.48. The lowest BCUT2D eigenvalue weighted by Gasteiger charge is -2.28. The largest absolute Gasteiger partial charge is 0.332 e. The van der Waals surface area contributed by atoms with Crippen LogP contribution in [0.4, 0.5) is 4.39 Å². The van der Waals surface area contributed by atoms with Crippen molar-refractivity contribution in [2.45, 2.75) is 19.9 Å². The first-order valence-electron chi connectivity index (χ1n) is 6.71. The summed E-state index contributed by atoms with van der Waals surface area (Å²) >= 11 is 5.83. The van der Waals surface area contributed by atoms with Gasteiger partial charge in [-0.1, -0.05) is 23.7 Å². The fourth-order valence-electron chi connectivity index (χ4n) is 2.22. The highest BCUT2D eigenvalue weighted by atomic mass is 35.5. The van der Waals surface area contributed by atoms with Gasteiger partial charge in [-0.15, -0.1) is 0 Å². The van der Waals surface area contributed by atoms with Crippen molar-refractivity contribution in [3.05, 3.63) is 64.7 Å². The van der Waals surface area contributed by atoms with Crippen LogP contribution in [-0.2, 0) is 0 Å². The molecule has 21 heavy (non-hydrogen) atoms. The molecule has 0 fully saturated rings. The van der Waals surface area contributed by atoms with Crippen LogP contribution in [-0.4, -0.2) is 22.3 Å². The second kappa shape index (κ2) is 6.68. The molecule has 1 aromatic carbocycles. The predicted molar refractivity (Wildman–Crippen MR) is 80.8 cm³/mol. The topological polar surface area (TPSA) is 33.2 Å². The van der Waals surface area contributed by atoms with Gasteiger partial charge in [0.25, 0.3) is 5.91 Å². The molecule has 110 valence electrons. The summed E-state index contributed by atoms with van der Waals surface area (Å²) in [6.07, 6.45) is 1.51. The first-order chi connectivity index (χ1) is 10.0. The number of carbonyl (C=O) groups is 1. The molecule has 1 unspecified atom stereocenters. The van der Waals surface area contributed by atoms with Crippen molar-refractivity contribution in [1.29, 1.82) is 0 Å². The first kappa shape index (κ1) is 15.4. The SMILES string of the molecule is CCN(C(=O)c1ccnc(Cl)c1)C(C)c1ccc(F)cc1. The van der Waals surface area contributed by atoms with E-state index in [4.69, 9.17) is 11.6 Å². The molecule has 1 heterocycles. The van der Waals surface area contributed by atoms with E-state index in [0.717, 1.165) is 5.56 Å². The zero-order valence-corrected chi connectivity index (χ0v) is 12.6. The number of halogens is 2. The van der Waals surface area contributed by atoms with Crippen LogP contribution in [0.15, 0.2) is 42.6 Å². The molecule has 2 aromatic rings. The summed E-state index contributed by atoms with van der Waals surface area (Å²) in [6.45, 7) is 4.36. The Bertz CT molecular complexity index is 630. The van der Waals surface area contributed by atoms with E-state index in [9.17, 15) is 9.18 Å². The van der Waals surface area contributed by atoms with E-state index in [-0.39, 0.29) is 22.9 Å². The Morgan fingerprint density at radius 3 is 2.57 bits per heavy atom. The molecule has 1 atom stereocenters. The number of benzene rings is 1. The molecular weight excluding hydrogens is 291 g/mol. The van der Waals surface area contributed by atoms with Crippen molar-refractivity contribution >= 4 is 17.5 Å². The van der Waals surface area contributed by atoms with Gasteiger partial charge in [0.2, 0.25) is 0 Å². The molecule has 0 N–H and O–H groups in total. The van der Waals surface area contributed by atoms with Gasteiger partial charge in [-0.2, -0.15) is 0 Å². The number of rotatable bonds is 4. The maximum atomic E-state index is 13.0. The number of carbonyl (C=O) groups excluding carboxylic acids is 1. The minimum Gasteiger partial charge on any atom is -0.332 e. The summed E-state index contributed by atoms with van der Waals surface area (Å²) in [5.41, 5.74) is 1.37. The highest BCUT2D eigenvalue weighted by molar-refractivity contribution is 6.29. The molecule has 5 heteroatoms. The van der Waals surface area contributed by atoms with Crippen molar-refractivity contribution in [3.8, 4) is 0 Å². The van der Waals surface area contributed by atoms with Gasteiger partial charge in [-0.3, -0.25) is 4.79 Å². The first-order valence-corrected chi connectivity index (χ1v) is 7.08. The molecule has 0 spiro atoms. The van der Waals surface area contributed by atoms with E-state index in [1.54, 1.807) is 29.2 Å². The number of amides is 1. The van der Waals surface area contributed by atoms with Crippen LogP contribution in [0, 0.1) is 5.82 Å². The van der Waals surface area contributed by atoms with Crippen LogP contribution in [0.25, 0.3) is 0 Å². The van der Waals surface area contributed by atoms with Gasteiger partial charge in [-0.25, -0.2) is 9.37 Å². The zero-order valence-electron chi connectivity index (χ0n) is 11.9. The number of pyridine rings is 1. The van der Waals surface area contributed by atoms with Gasteiger partial charge >= 0.3 is 0 Å². The molecule has 0 saturated carbocycles. The van der Waals surface area contributed by atoms with Crippen LogP contribution in [0.1, 0.15) is 35.8 Å². The molecule has 0 bridgehead atoms. The molecule has 0 aliphatic carbocycles. The minimum atomic E-state index is -0.291. The van der Waals surface area contributed by atoms with Crippen LogP contribution in [0.3, 0.4) is 0 Å². The Balaban J connectivity index is 2.26. The fraction of sp³-hybridized carbons (Fsp3) is 0.250. The summed E-state index contributed by atoms with van der Waals surface area (Å²) < 4.78 is 13.0. The third-order valence-electron chi connectivity index (χ3n) is 3.39. The minimum absolute atomic E-state index is 0.126. The van der Waals surface area contributed by atoms with Crippen molar-refractivity contribution in [2.75, 3.05) is 6.54 Å². The zero-order chi connectivity index (χ0) is 15.4. The highest BCUT2D eigenvalue weighted by Crippen LogP contribution is 2.23. The van der Waals surface area contributed by atoms with E-state index < -0.39 is 0 Å². The third-order valence-corrected chi connectivity index (χ3v) is 3.60. The van der Waals surface area contributed by atoms with E-state index in [0.29, 0.717) is 12.1 Å². The Hall–Kier alpha value is -1.94. The van der Waals surface area contributed by atoms with Crippen molar-refractivity contribution in [2.24, 2.45) is 0 Å². The predicted octanol–water partition coefficient (Wildman–Crippen LogP) is 4.10. The lowest BCUT2D eigenvalue weighted by Crippen LogP contribution is -2.33. The number of hydrogen-bond acceptors (Lipinski definition) is 2. The quantitative estimate of drug-likeness (QED) is 0.797. The number of aromatic nitrogens is 1. The molecule has 0 radical (unpaired) electrons. The second-order valence-electron chi connectivity index (χ2n) is 4.69. The molecule has 0 saturated heterocycles. The van der Waals surface area contributed by atoms with Crippen LogP contribution in [0.5, 0.6) is 0 Å². The lowest BCUT2D eigenvalue weighted by molar-refractivity contribution is 0.0702. The van der Waals surface area contributed by atoms with Gasteiger partial charge in [0.1, 0.15) is 11.0 Å². The van der Waals surface area contributed by atoms with Crippen molar-refractivity contribution < 1.29 is 9.18 Å². The van der Waals surface area contributed by atoms with E-state index >= 15 is 0 Å². The van der Waals surface area contributed by atoms with Gasteiger partial charge in [-0.05, 0) is 43.7 Å². The summed E-state index contributed by atoms with van der Waals surface area (Å²) in [5.74, 6) is -0.417. The third kappa shape index (κ3) is 3.58. The summed E-state index contributed by atoms with van der Waals surface area (Å²) in [5, 5.41) is 0.284. The van der Waals surface area contributed by atoms with Crippen molar-refractivity contribution in [3.63, 3.8) is 0 Å². The van der Waals surface area contributed by atoms with E-state index in [1.807, 2.05) is 13.8 Å². The average molecular weight is 307 g/mol. The number of hydrogen-bond donors (Lipinski definition) is 0. The lowest BCUT2D eigenvalue weighted by atomic mass is 10.1. The van der Waals surface area contributed by atoms with Gasteiger partial charge in [0.15, 0.2) is 0 Å². The van der Waals surface area contributed by atoms with E-state index in [1.165, 1.54) is 18.3 Å². The smallest absolute Gasteiger partial charge is 0.254 e. The van der Waals surface area contributed by atoms with Gasteiger partial charge in [0.05, 0.1) is 6.04 Å². The van der Waals surface area contributed by atoms with Gasteiger partial charge in [0, 0.05) is 18.3 Å². The fourth-order valence-corrected chi connectivity index (χ4v) is 2.39. The molecule has 0 aliphatic heterocycles. The molecule has 3 nitrogen and oxygen atoms in total. The van der Waals surface area contributed by atoms with Crippen LogP contribution >= 0.6 is 11.6 Å². The summed E-state index contributed by atoms with van der Waals surface area (Å²) in [4.78, 5) is 18.2. The highest BCUT2D eigenvalue weighted by Gasteiger charge is 2.21. The Kier molecular flexibility index (Phi) is 4.91. The van der Waals surface area contributed by atoms with Crippen molar-refractivity contribution in [1.82, 2.24) is 9.88 Å². The molecule has 1 amide bonds. The standard InChI is InChI=1S/C16H16ClFN2O/c1-3-20(11(2)12-4-6-14(18)7-5-12)16(21)13-8-9-19-15(17)10-13/h4-11H,3H2,1-2H3. The molecular formula is C16H16ClFN2O. The van der Waals surface area contributed by atoms with Crippen LogP contribution < -0.4 is 0 Å². The maximum Gasteiger partial charge on any atom is 0.254 e. The Morgan fingerprint density at radius 2 is 2.00 bits per heavy atom.